The van der Waals surface area contributed by atoms with E-state index >= 15 is 0 Å². The topological polar surface area (TPSA) is 20.3 Å². The molecule has 3 rings (SSSR count). The van der Waals surface area contributed by atoms with Gasteiger partial charge >= 0.3 is 0 Å². The van der Waals surface area contributed by atoms with Crippen molar-refractivity contribution >= 4 is 27.4 Å². The summed E-state index contributed by atoms with van der Waals surface area (Å²) in [7, 11) is 0. The smallest absolute Gasteiger partial charge is 0.159 e. The first-order valence-corrected chi connectivity index (χ1v) is 8.62. The molecule has 3 heteroatoms. The lowest BCUT2D eigenvalue weighted by molar-refractivity contribution is -0.120. The fourth-order valence-corrected chi connectivity index (χ4v) is 3.47. The van der Waals surface area contributed by atoms with Crippen LogP contribution in [0.25, 0.3) is 0 Å². The van der Waals surface area contributed by atoms with Crippen molar-refractivity contribution in [2.45, 2.75) is 32.2 Å². The number of anilines is 1. The number of ketones is 1. The minimum absolute atomic E-state index is 0.147. The first-order valence-electron chi connectivity index (χ1n) is 7.83. The van der Waals surface area contributed by atoms with Crippen LogP contribution < -0.4 is 4.90 Å². The fraction of sp³-hybridized carbons (Fsp3) is 0.316. The number of rotatable bonds is 4. The van der Waals surface area contributed by atoms with Crippen LogP contribution in [0.3, 0.4) is 0 Å². The van der Waals surface area contributed by atoms with E-state index in [2.05, 4.69) is 58.1 Å². The Hall–Kier alpha value is -1.61. The summed E-state index contributed by atoms with van der Waals surface area (Å²) in [4.78, 5) is 15.0. The number of nitrogens with zero attached hydrogens (tertiary/aromatic N) is 1. The molecule has 1 aliphatic rings. The SMILES string of the molecule is CCCC(=O)[C@@H]1c2ccccc2CCN1c1ccc(Br)cc1. The zero-order valence-corrected chi connectivity index (χ0v) is 14.3. The van der Waals surface area contributed by atoms with Gasteiger partial charge in [0.05, 0.1) is 0 Å². The van der Waals surface area contributed by atoms with Crippen molar-refractivity contribution in [2.24, 2.45) is 0 Å². The van der Waals surface area contributed by atoms with Gasteiger partial charge in [-0.05, 0) is 48.2 Å². The number of benzene rings is 2. The molecular formula is C19H20BrNO. The van der Waals surface area contributed by atoms with Gasteiger partial charge in [-0.25, -0.2) is 0 Å². The zero-order chi connectivity index (χ0) is 15.5. The molecule has 0 aromatic heterocycles. The maximum absolute atomic E-state index is 12.8. The summed E-state index contributed by atoms with van der Waals surface area (Å²) in [5, 5.41) is 0. The van der Waals surface area contributed by atoms with E-state index in [4.69, 9.17) is 0 Å². The summed E-state index contributed by atoms with van der Waals surface area (Å²) >= 11 is 3.48. The molecule has 114 valence electrons. The molecule has 22 heavy (non-hydrogen) atoms. The zero-order valence-electron chi connectivity index (χ0n) is 12.8. The van der Waals surface area contributed by atoms with E-state index in [1.54, 1.807) is 0 Å². The van der Waals surface area contributed by atoms with Crippen LogP contribution in [-0.2, 0) is 11.2 Å². The fourth-order valence-electron chi connectivity index (χ4n) is 3.21. The largest absolute Gasteiger partial charge is 0.357 e. The Morgan fingerprint density at radius 1 is 1.18 bits per heavy atom. The third-order valence-electron chi connectivity index (χ3n) is 4.24. The minimum atomic E-state index is -0.147. The van der Waals surface area contributed by atoms with E-state index < -0.39 is 0 Å². The van der Waals surface area contributed by atoms with E-state index in [9.17, 15) is 4.79 Å². The number of carbonyl (C=O) groups excluding carboxylic acids is 1. The van der Waals surface area contributed by atoms with Gasteiger partial charge in [-0.15, -0.1) is 0 Å². The van der Waals surface area contributed by atoms with Gasteiger partial charge in [-0.2, -0.15) is 0 Å². The first-order chi connectivity index (χ1) is 10.7. The lowest BCUT2D eigenvalue weighted by Gasteiger charge is -2.38. The molecule has 0 radical (unpaired) electrons. The van der Waals surface area contributed by atoms with Crippen molar-refractivity contribution in [1.29, 1.82) is 0 Å². The monoisotopic (exact) mass is 357 g/mol. The van der Waals surface area contributed by atoms with E-state index in [1.807, 2.05) is 18.2 Å². The van der Waals surface area contributed by atoms with Crippen molar-refractivity contribution in [3.63, 3.8) is 0 Å². The molecule has 0 fully saturated rings. The van der Waals surface area contributed by atoms with Crippen molar-refractivity contribution in [3.05, 3.63) is 64.1 Å². The second-order valence-electron chi connectivity index (χ2n) is 5.74. The van der Waals surface area contributed by atoms with Crippen molar-refractivity contribution in [2.75, 3.05) is 11.4 Å². The molecule has 2 aromatic rings. The van der Waals surface area contributed by atoms with Crippen LogP contribution >= 0.6 is 15.9 Å². The highest BCUT2D eigenvalue weighted by molar-refractivity contribution is 9.10. The van der Waals surface area contributed by atoms with Crippen LogP contribution in [0, 0.1) is 0 Å². The predicted molar refractivity (Wildman–Crippen MR) is 94.3 cm³/mol. The first kappa shape index (κ1) is 15.3. The summed E-state index contributed by atoms with van der Waals surface area (Å²) in [6, 6.07) is 16.5. The molecule has 1 heterocycles. The lowest BCUT2D eigenvalue weighted by Crippen LogP contribution is -2.39. The van der Waals surface area contributed by atoms with Crippen molar-refractivity contribution < 1.29 is 4.79 Å². The van der Waals surface area contributed by atoms with Gasteiger partial charge in [-0.1, -0.05) is 47.1 Å². The Morgan fingerprint density at radius 3 is 2.64 bits per heavy atom. The Labute approximate surface area is 140 Å². The standard InChI is InChI=1S/C19H20BrNO/c1-2-5-18(22)19-17-7-4-3-6-14(17)12-13-21(19)16-10-8-15(20)9-11-16/h3-4,6-11,19H,2,5,12-13H2,1H3/t19-/m0/s1. The molecule has 0 spiro atoms. The average molecular weight is 358 g/mol. The number of halogens is 1. The van der Waals surface area contributed by atoms with Crippen LogP contribution in [0.1, 0.15) is 36.9 Å². The molecule has 2 aromatic carbocycles. The molecule has 0 N–H and O–H groups in total. The van der Waals surface area contributed by atoms with Gasteiger partial charge in [-0.3, -0.25) is 4.79 Å². The van der Waals surface area contributed by atoms with Crippen molar-refractivity contribution in [1.82, 2.24) is 0 Å². The van der Waals surface area contributed by atoms with E-state index in [-0.39, 0.29) is 6.04 Å². The van der Waals surface area contributed by atoms with Crippen LogP contribution in [0.4, 0.5) is 5.69 Å². The van der Waals surface area contributed by atoms with Crippen LogP contribution in [0.15, 0.2) is 53.0 Å². The number of hydrogen-bond donors (Lipinski definition) is 0. The molecule has 1 aliphatic heterocycles. The summed E-state index contributed by atoms with van der Waals surface area (Å²) in [6.45, 7) is 2.95. The minimum Gasteiger partial charge on any atom is -0.357 e. The highest BCUT2D eigenvalue weighted by Crippen LogP contribution is 2.35. The maximum atomic E-state index is 12.8. The number of carbonyl (C=O) groups is 1. The normalized spacial score (nSPS) is 17.2. The Bertz CT molecular complexity index is 665. The molecule has 0 aliphatic carbocycles. The highest BCUT2D eigenvalue weighted by Gasteiger charge is 2.32. The molecule has 0 amide bonds. The number of fused-ring (bicyclic) bond motifs is 1. The van der Waals surface area contributed by atoms with Gasteiger partial charge in [0.25, 0.3) is 0 Å². The third-order valence-corrected chi connectivity index (χ3v) is 4.77. The maximum Gasteiger partial charge on any atom is 0.159 e. The van der Waals surface area contributed by atoms with Crippen LogP contribution in [-0.4, -0.2) is 12.3 Å². The second-order valence-corrected chi connectivity index (χ2v) is 6.65. The summed E-state index contributed by atoms with van der Waals surface area (Å²) in [5.74, 6) is 0.317. The molecule has 0 bridgehead atoms. The third kappa shape index (κ3) is 2.95. The summed E-state index contributed by atoms with van der Waals surface area (Å²) in [6.07, 6.45) is 2.51. The van der Waals surface area contributed by atoms with E-state index in [0.717, 1.165) is 29.5 Å². The van der Waals surface area contributed by atoms with Gasteiger partial charge in [0.15, 0.2) is 5.78 Å². The summed E-state index contributed by atoms with van der Waals surface area (Å²) in [5.41, 5.74) is 3.60. The van der Waals surface area contributed by atoms with Gasteiger partial charge < -0.3 is 4.90 Å². The predicted octanol–water partition coefficient (Wildman–Crippen LogP) is 4.92. The second kappa shape index (κ2) is 6.66. The molecule has 0 unspecified atom stereocenters. The quantitative estimate of drug-likeness (QED) is 0.773. The molecular weight excluding hydrogens is 338 g/mol. The van der Waals surface area contributed by atoms with Gasteiger partial charge in [0.1, 0.15) is 6.04 Å². The van der Waals surface area contributed by atoms with E-state index in [1.165, 1.54) is 11.1 Å². The van der Waals surface area contributed by atoms with Gasteiger partial charge in [0, 0.05) is 23.1 Å². The highest BCUT2D eigenvalue weighted by atomic mass is 79.9. The van der Waals surface area contributed by atoms with Crippen molar-refractivity contribution in [3.8, 4) is 0 Å². The Kier molecular flexibility index (Phi) is 4.63. The molecule has 2 nitrogen and oxygen atoms in total. The summed E-state index contributed by atoms with van der Waals surface area (Å²) < 4.78 is 1.06. The van der Waals surface area contributed by atoms with Gasteiger partial charge in [0.2, 0.25) is 0 Å². The number of Topliss-reactive ketones (excluding diaryl/α,β-unsaturated/α-hetero) is 1. The van der Waals surface area contributed by atoms with E-state index in [0.29, 0.717) is 12.2 Å². The van der Waals surface area contributed by atoms with Crippen LogP contribution in [0.5, 0.6) is 0 Å². The average Bonchev–Trinajstić information content (AvgIpc) is 2.55. The Morgan fingerprint density at radius 2 is 1.91 bits per heavy atom. The number of hydrogen-bond acceptors (Lipinski definition) is 2. The molecule has 1 atom stereocenters. The Balaban J connectivity index is 2.02. The molecule has 0 saturated carbocycles. The molecule has 0 saturated heterocycles. The van der Waals surface area contributed by atoms with Crippen LogP contribution in [0.2, 0.25) is 0 Å². The lowest BCUT2D eigenvalue weighted by atomic mass is 9.88.